The van der Waals surface area contributed by atoms with Crippen LogP contribution in [0.4, 0.5) is 18.9 Å². The lowest BCUT2D eigenvalue weighted by Gasteiger charge is -2.15. The van der Waals surface area contributed by atoms with Crippen LogP contribution in [0, 0.1) is 11.3 Å². The van der Waals surface area contributed by atoms with Crippen LogP contribution in [-0.2, 0) is 4.79 Å². The summed E-state index contributed by atoms with van der Waals surface area (Å²) in [6.45, 7) is 0.140. The van der Waals surface area contributed by atoms with E-state index in [1.165, 1.54) is 18.2 Å². The second kappa shape index (κ2) is 9.59. The average Bonchev–Trinajstić information content (AvgIpc) is 2.66. The van der Waals surface area contributed by atoms with Crippen molar-refractivity contribution in [1.82, 2.24) is 5.32 Å². The lowest BCUT2D eigenvalue weighted by atomic mass is 10.1. The third kappa shape index (κ3) is 7.18. The number of amides is 2. The van der Waals surface area contributed by atoms with Gasteiger partial charge in [-0.1, -0.05) is 18.2 Å². The molecule has 0 spiro atoms. The smallest absolute Gasteiger partial charge is 0.422 e. The molecule has 0 saturated heterocycles. The van der Waals surface area contributed by atoms with Gasteiger partial charge >= 0.3 is 6.18 Å². The number of nitriles is 1. The van der Waals surface area contributed by atoms with Gasteiger partial charge in [0.05, 0.1) is 5.56 Å². The summed E-state index contributed by atoms with van der Waals surface area (Å²) in [6, 6.07) is 13.5. The fourth-order valence-corrected chi connectivity index (χ4v) is 2.42. The molecule has 0 heterocycles. The number of benzene rings is 2. The minimum atomic E-state index is -4.53. The van der Waals surface area contributed by atoms with E-state index in [1.807, 2.05) is 0 Å². The molecule has 2 aromatic rings. The predicted octanol–water partition coefficient (Wildman–Crippen LogP) is 3.65. The van der Waals surface area contributed by atoms with Crippen molar-refractivity contribution in [2.75, 3.05) is 11.9 Å². The Kier molecular flexibility index (Phi) is 7.20. The van der Waals surface area contributed by atoms with Gasteiger partial charge in [-0.05, 0) is 37.3 Å². The minimum Gasteiger partial charge on any atom is -0.483 e. The summed E-state index contributed by atoms with van der Waals surface area (Å²) in [4.78, 5) is 24.2. The van der Waals surface area contributed by atoms with Gasteiger partial charge in [0.15, 0.2) is 6.61 Å². The Morgan fingerprint density at radius 3 is 2.48 bits per heavy atom. The Morgan fingerprint density at radius 1 is 1.17 bits per heavy atom. The van der Waals surface area contributed by atoms with Crippen molar-refractivity contribution in [2.24, 2.45) is 0 Å². The summed E-state index contributed by atoms with van der Waals surface area (Å²) >= 11 is 0. The van der Waals surface area contributed by atoms with Gasteiger partial charge < -0.3 is 15.4 Å². The molecule has 0 aliphatic heterocycles. The summed E-state index contributed by atoms with van der Waals surface area (Å²) < 4.78 is 41.4. The van der Waals surface area contributed by atoms with Gasteiger partial charge in [0, 0.05) is 23.7 Å². The van der Waals surface area contributed by atoms with Crippen molar-refractivity contribution in [3.8, 4) is 11.8 Å². The second-order valence-electron chi connectivity index (χ2n) is 6.22. The largest absolute Gasteiger partial charge is 0.483 e. The number of nitrogens with one attached hydrogen (secondary N) is 2. The van der Waals surface area contributed by atoms with Gasteiger partial charge in [0.2, 0.25) is 5.91 Å². The number of hydrogen-bond donors (Lipinski definition) is 2. The Balaban J connectivity index is 1.92. The fraction of sp³-hybridized carbons (Fsp3) is 0.250. The quantitative estimate of drug-likeness (QED) is 0.736. The molecule has 9 heteroatoms. The maximum absolute atomic E-state index is 12.3. The van der Waals surface area contributed by atoms with Crippen molar-refractivity contribution in [3.63, 3.8) is 0 Å². The Hall–Kier alpha value is -3.54. The first-order valence-corrected chi connectivity index (χ1v) is 8.57. The Labute approximate surface area is 165 Å². The number of alkyl halides is 3. The van der Waals surface area contributed by atoms with Gasteiger partial charge in [0.25, 0.3) is 5.91 Å². The molecule has 0 aliphatic rings. The topological polar surface area (TPSA) is 91.2 Å². The molecule has 2 amide bonds. The molecule has 2 rings (SSSR count). The zero-order chi connectivity index (χ0) is 21.4. The number of carbonyl (C=O) groups excluding carboxylic acids is 2. The van der Waals surface area contributed by atoms with Crippen LogP contribution in [0.2, 0.25) is 0 Å². The number of halogens is 3. The van der Waals surface area contributed by atoms with Crippen LogP contribution in [0.25, 0.3) is 0 Å². The second-order valence-corrected chi connectivity index (χ2v) is 6.22. The molecule has 6 nitrogen and oxygen atoms in total. The molecule has 0 bridgehead atoms. The van der Waals surface area contributed by atoms with E-state index >= 15 is 0 Å². The van der Waals surface area contributed by atoms with Crippen molar-refractivity contribution >= 4 is 17.5 Å². The molecule has 152 valence electrons. The van der Waals surface area contributed by atoms with Crippen LogP contribution >= 0.6 is 0 Å². The molecule has 2 aromatic carbocycles. The van der Waals surface area contributed by atoms with Crippen LogP contribution in [0.5, 0.6) is 5.75 Å². The normalized spacial score (nSPS) is 11.8. The number of ether oxygens (including phenoxy) is 1. The molecule has 0 radical (unpaired) electrons. The van der Waals surface area contributed by atoms with Crippen molar-refractivity contribution in [2.45, 2.75) is 25.6 Å². The molecule has 0 saturated carbocycles. The highest BCUT2D eigenvalue weighted by atomic mass is 19.4. The lowest BCUT2D eigenvalue weighted by Crippen LogP contribution is -2.35. The van der Waals surface area contributed by atoms with Gasteiger partial charge in [-0.15, -0.1) is 0 Å². The zero-order valence-electron chi connectivity index (χ0n) is 15.4. The zero-order valence-corrected chi connectivity index (χ0v) is 15.4. The third-order valence-electron chi connectivity index (χ3n) is 3.68. The predicted molar refractivity (Wildman–Crippen MR) is 99.3 cm³/mol. The highest BCUT2D eigenvalue weighted by molar-refractivity contribution is 5.95. The van der Waals surface area contributed by atoms with Crippen LogP contribution in [0.15, 0.2) is 48.5 Å². The maximum atomic E-state index is 12.3. The van der Waals surface area contributed by atoms with Crippen LogP contribution < -0.4 is 15.4 Å². The van der Waals surface area contributed by atoms with E-state index in [0.29, 0.717) is 5.56 Å². The van der Waals surface area contributed by atoms with Gasteiger partial charge in [0.1, 0.15) is 11.8 Å². The maximum Gasteiger partial charge on any atom is 0.422 e. The Bertz CT molecular complexity index is 909. The number of hydrogen-bond acceptors (Lipinski definition) is 4. The molecular formula is C20H18F3N3O3. The molecule has 0 aliphatic carbocycles. The molecule has 29 heavy (non-hydrogen) atoms. The van der Waals surface area contributed by atoms with Crippen molar-refractivity contribution in [3.05, 3.63) is 59.7 Å². The molecule has 0 aromatic heterocycles. The highest BCUT2D eigenvalue weighted by Gasteiger charge is 2.29. The SMILES string of the molecule is CC(CC(=O)Nc1ccc(OCC(F)(F)F)c(C#N)c1)NC(=O)c1ccccc1. The van der Waals surface area contributed by atoms with Crippen molar-refractivity contribution in [1.29, 1.82) is 5.26 Å². The average molecular weight is 405 g/mol. The number of nitrogens with zero attached hydrogens (tertiary/aromatic N) is 1. The van der Waals surface area contributed by atoms with E-state index in [-0.39, 0.29) is 29.3 Å². The lowest BCUT2D eigenvalue weighted by molar-refractivity contribution is -0.153. The Morgan fingerprint density at radius 2 is 1.86 bits per heavy atom. The molecule has 2 N–H and O–H groups in total. The van der Waals surface area contributed by atoms with E-state index in [4.69, 9.17) is 5.26 Å². The standard InChI is InChI=1S/C20H18F3N3O3/c1-13(25-19(28)14-5-3-2-4-6-14)9-18(27)26-16-7-8-17(15(10-16)11-24)29-12-20(21,22)23/h2-8,10,13H,9,12H2,1H3,(H,25,28)(H,26,27). The van der Waals surface area contributed by atoms with Crippen LogP contribution in [-0.4, -0.2) is 30.6 Å². The minimum absolute atomic E-state index is 0.0349. The van der Waals surface area contributed by atoms with E-state index in [9.17, 15) is 22.8 Å². The summed E-state index contributed by atoms with van der Waals surface area (Å²) in [7, 11) is 0. The summed E-state index contributed by atoms with van der Waals surface area (Å²) in [5.74, 6) is -0.978. The summed E-state index contributed by atoms with van der Waals surface area (Å²) in [5, 5.41) is 14.3. The highest BCUT2D eigenvalue weighted by Crippen LogP contribution is 2.25. The van der Waals surface area contributed by atoms with Gasteiger partial charge in [-0.3, -0.25) is 9.59 Å². The van der Waals surface area contributed by atoms with E-state index in [1.54, 1.807) is 43.3 Å². The monoisotopic (exact) mass is 405 g/mol. The van der Waals surface area contributed by atoms with Crippen LogP contribution in [0.1, 0.15) is 29.3 Å². The molecule has 1 unspecified atom stereocenters. The third-order valence-corrected chi connectivity index (χ3v) is 3.68. The fourth-order valence-electron chi connectivity index (χ4n) is 2.42. The number of carbonyl (C=O) groups is 2. The van der Waals surface area contributed by atoms with Gasteiger partial charge in [-0.25, -0.2) is 0 Å². The first-order valence-electron chi connectivity index (χ1n) is 8.57. The summed E-state index contributed by atoms with van der Waals surface area (Å²) in [5.41, 5.74) is 0.554. The van der Waals surface area contributed by atoms with Gasteiger partial charge in [-0.2, -0.15) is 18.4 Å². The summed E-state index contributed by atoms with van der Waals surface area (Å²) in [6.07, 6.45) is -4.56. The van der Waals surface area contributed by atoms with Crippen LogP contribution in [0.3, 0.4) is 0 Å². The van der Waals surface area contributed by atoms with E-state index in [0.717, 1.165) is 0 Å². The van der Waals surface area contributed by atoms with Crippen molar-refractivity contribution < 1.29 is 27.5 Å². The number of rotatable bonds is 7. The van der Waals surface area contributed by atoms with E-state index in [2.05, 4.69) is 15.4 Å². The molecular weight excluding hydrogens is 387 g/mol. The van der Waals surface area contributed by atoms with E-state index < -0.39 is 24.7 Å². The first-order chi connectivity index (χ1) is 13.7. The molecule has 0 fully saturated rings. The number of anilines is 1. The first kappa shape index (κ1) is 21.8. The molecule has 1 atom stereocenters.